The van der Waals surface area contributed by atoms with Gasteiger partial charge in [-0.25, -0.2) is 0 Å². The summed E-state index contributed by atoms with van der Waals surface area (Å²) < 4.78 is 0. The topological polar surface area (TPSA) is 26.0 Å². The minimum absolute atomic E-state index is 0. The summed E-state index contributed by atoms with van der Waals surface area (Å²) in [5, 5.41) is 0. The number of hydrogen-bond donors (Lipinski definition) is 1. The van der Waals surface area contributed by atoms with E-state index in [9.17, 15) is 0 Å². The summed E-state index contributed by atoms with van der Waals surface area (Å²) in [5.41, 5.74) is 6.13. The zero-order chi connectivity index (χ0) is 5.11. The molecule has 0 atom stereocenters. The van der Waals surface area contributed by atoms with Gasteiger partial charge in [0.15, 0.2) is 0 Å². The Balaban J connectivity index is 0.000000490. The van der Waals surface area contributed by atoms with Crippen LogP contribution >= 0.6 is 0 Å². The Labute approximate surface area is 44.3 Å². The predicted molar refractivity (Wildman–Crippen MR) is 30.8 cm³/mol. The number of hydrogen-bond acceptors (Lipinski definition) is 1. The highest BCUT2D eigenvalue weighted by atomic mass is 14.5. The zero-order valence-corrected chi connectivity index (χ0v) is 3.89. The summed E-state index contributed by atoms with van der Waals surface area (Å²) in [5.74, 6) is 0. The maximum absolute atomic E-state index is 5.34. The summed E-state index contributed by atoms with van der Waals surface area (Å²) >= 11 is 0. The van der Waals surface area contributed by atoms with Crippen molar-refractivity contribution in [3.63, 3.8) is 0 Å². The summed E-state index contributed by atoms with van der Waals surface area (Å²) in [6.07, 6.45) is 0. The molecule has 0 aliphatic rings. The average Bonchev–Trinajstić information content (AvgIpc) is 1.69. The van der Waals surface area contributed by atoms with Gasteiger partial charge in [0, 0.05) is 5.69 Å². The maximum atomic E-state index is 5.34. The molecule has 0 bridgehead atoms. The number of nitrogens with two attached hydrogens (primary N) is 1. The monoisotopic (exact) mass is 93.1 g/mol. The Morgan fingerprint density at radius 1 is 1.43 bits per heavy atom. The Morgan fingerprint density at radius 3 is 2.29 bits per heavy atom. The van der Waals surface area contributed by atoms with Crippen LogP contribution in [0.2, 0.25) is 0 Å². The molecule has 1 nitrogen and oxygen atoms in total. The van der Waals surface area contributed by atoms with Crippen LogP contribution in [0.25, 0.3) is 0 Å². The van der Waals surface area contributed by atoms with Crippen molar-refractivity contribution < 1.29 is 1.43 Å². The Kier molecular flexibility index (Phi) is 0.984. The summed E-state index contributed by atoms with van der Waals surface area (Å²) in [6.45, 7) is 0. The molecule has 0 saturated heterocycles. The molecule has 0 unspecified atom stereocenters. The lowest BCUT2D eigenvalue weighted by molar-refractivity contribution is 1.67. The van der Waals surface area contributed by atoms with Crippen molar-refractivity contribution >= 4 is 5.69 Å². The van der Waals surface area contributed by atoms with Crippen molar-refractivity contribution in [1.29, 1.82) is 0 Å². The molecular weight excluding hydrogens is 86.1 g/mol. The van der Waals surface area contributed by atoms with Gasteiger partial charge in [0.05, 0.1) is 0 Å². The second-order valence-corrected chi connectivity index (χ2v) is 1.33. The minimum Gasteiger partial charge on any atom is -0.399 e. The molecule has 1 aromatic rings. The van der Waals surface area contributed by atoms with E-state index in [1.54, 1.807) is 24.3 Å². The van der Waals surface area contributed by atoms with Gasteiger partial charge in [0.1, 0.15) is 0 Å². The number of rotatable bonds is 0. The fraction of sp³-hybridized carbons (Fsp3) is 0. The Hall–Kier alpha value is -0.980. The lowest BCUT2D eigenvalue weighted by Crippen LogP contribution is -1.79. The van der Waals surface area contributed by atoms with Gasteiger partial charge < -0.3 is 5.73 Å². The first-order valence-corrected chi connectivity index (χ1v) is 2.11. The van der Waals surface area contributed by atoms with Crippen LogP contribution < -0.4 is 5.73 Å². The standard InChI is InChI=1S/C6H6N/c7-6-4-2-1-3-5-6/h2-5H,7H2/p+1. The molecule has 0 heterocycles. The summed E-state index contributed by atoms with van der Waals surface area (Å²) in [7, 11) is 0. The normalized spacial score (nSPS) is 8.57. The lowest BCUT2D eigenvalue weighted by Gasteiger charge is -1.83. The molecule has 0 amide bonds. The molecule has 0 aliphatic carbocycles. The quantitative estimate of drug-likeness (QED) is 0.479. The third kappa shape index (κ3) is 0.929. The molecule has 0 aliphatic heterocycles. The maximum Gasteiger partial charge on any atom is 1.00 e. The van der Waals surface area contributed by atoms with Crippen LogP contribution in [0.3, 0.4) is 0 Å². The van der Waals surface area contributed by atoms with Crippen LogP contribution in [-0.4, -0.2) is 0 Å². The van der Waals surface area contributed by atoms with Crippen molar-refractivity contribution in [3.8, 4) is 0 Å². The molecule has 0 aromatic heterocycles. The van der Waals surface area contributed by atoms with Crippen LogP contribution in [0.15, 0.2) is 24.3 Å². The van der Waals surface area contributed by atoms with E-state index in [-0.39, 0.29) is 1.43 Å². The van der Waals surface area contributed by atoms with E-state index in [2.05, 4.69) is 6.07 Å². The van der Waals surface area contributed by atoms with Crippen LogP contribution in [0.1, 0.15) is 1.43 Å². The fourth-order valence-corrected chi connectivity index (χ4v) is 0.400. The number of anilines is 1. The van der Waals surface area contributed by atoms with Gasteiger partial charge in [-0.05, 0) is 18.2 Å². The summed E-state index contributed by atoms with van der Waals surface area (Å²) in [6, 6.07) is 10.0. The third-order valence-corrected chi connectivity index (χ3v) is 0.744. The second kappa shape index (κ2) is 1.65. The molecular formula is C6H7N+. The van der Waals surface area contributed by atoms with Gasteiger partial charge in [0.2, 0.25) is 0 Å². The van der Waals surface area contributed by atoms with Gasteiger partial charge in [-0.3, -0.25) is 0 Å². The molecule has 0 fully saturated rings. The van der Waals surface area contributed by atoms with Gasteiger partial charge in [-0.1, -0.05) is 12.1 Å². The first-order valence-electron chi connectivity index (χ1n) is 2.11. The van der Waals surface area contributed by atoms with Gasteiger partial charge in [0.25, 0.3) is 0 Å². The largest absolute Gasteiger partial charge is 1.00 e. The van der Waals surface area contributed by atoms with E-state index in [1.165, 1.54) is 0 Å². The lowest BCUT2D eigenvalue weighted by atomic mass is 10.3. The van der Waals surface area contributed by atoms with Crippen molar-refractivity contribution in [2.24, 2.45) is 0 Å². The molecule has 0 saturated carbocycles. The molecule has 2 N–H and O–H groups in total. The minimum atomic E-state index is 0. The second-order valence-electron chi connectivity index (χ2n) is 1.33. The Bertz CT molecular complexity index is 138. The average molecular weight is 93.1 g/mol. The zero-order valence-electron chi connectivity index (χ0n) is 4.89. The fourth-order valence-electron chi connectivity index (χ4n) is 0.400. The molecule has 1 rings (SSSR count). The van der Waals surface area contributed by atoms with E-state index in [1.807, 2.05) is 0 Å². The molecule has 7 heavy (non-hydrogen) atoms. The van der Waals surface area contributed by atoms with Crippen molar-refractivity contribution in [1.82, 2.24) is 0 Å². The van der Waals surface area contributed by atoms with Crippen LogP contribution in [0, 0.1) is 6.07 Å². The highest BCUT2D eigenvalue weighted by molar-refractivity contribution is 5.35. The van der Waals surface area contributed by atoms with Crippen molar-refractivity contribution in [3.05, 3.63) is 30.3 Å². The Morgan fingerprint density at radius 2 is 2.00 bits per heavy atom. The van der Waals surface area contributed by atoms with E-state index in [4.69, 9.17) is 5.73 Å². The first-order chi connectivity index (χ1) is 3.39. The van der Waals surface area contributed by atoms with E-state index < -0.39 is 0 Å². The van der Waals surface area contributed by atoms with Gasteiger partial charge >= 0.3 is 1.43 Å². The highest BCUT2D eigenvalue weighted by Crippen LogP contribution is 1.95. The van der Waals surface area contributed by atoms with E-state index in [0.29, 0.717) is 0 Å². The van der Waals surface area contributed by atoms with Crippen LogP contribution in [0.4, 0.5) is 5.69 Å². The van der Waals surface area contributed by atoms with E-state index >= 15 is 0 Å². The molecule has 35 valence electrons. The van der Waals surface area contributed by atoms with Crippen LogP contribution in [-0.2, 0) is 0 Å². The van der Waals surface area contributed by atoms with Crippen LogP contribution in [0.5, 0.6) is 0 Å². The van der Waals surface area contributed by atoms with Gasteiger partial charge in [-0.2, -0.15) is 0 Å². The van der Waals surface area contributed by atoms with Crippen molar-refractivity contribution in [2.75, 3.05) is 5.73 Å². The SMILES string of the molecule is Nc1cc[c]cc1.[H+]. The highest BCUT2D eigenvalue weighted by Gasteiger charge is 1.72. The van der Waals surface area contributed by atoms with E-state index in [0.717, 1.165) is 5.69 Å². The molecule has 1 heteroatoms. The smallest absolute Gasteiger partial charge is 0.399 e. The molecule has 0 spiro atoms. The van der Waals surface area contributed by atoms with Crippen molar-refractivity contribution in [2.45, 2.75) is 0 Å². The molecule has 1 radical (unpaired) electrons. The number of nitrogen functional groups attached to an aromatic ring is 1. The first kappa shape index (κ1) is 4.19. The number of benzene rings is 1. The van der Waals surface area contributed by atoms with Gasteiger partial charge in [-0.15, -0.1) is 0 Å². The predicted octanol–water partition coefficient (Wildman–Crippen LogP) is 1.18. The molecule has 1 aromatic carbocycles. The third-order valence-electron chi connectivity index (χ3n) is 0.744. The summed E-state index contributed by atoms with van der Waals surface area (Å²) in [4.78, 5) is 0.